The molecule has 0 aliphatic heterocycles. The number of rotatable bonds is 4. The van der Waals surface area contributed by atoms with E-state index in [2.05, 4.69) is 15.3 Å². The van der Waals surface area contributed by atoms with Crippen molar-refractivity contribution in [2.45, 2.75) is 13.0 Å². The molecule has 0 aliphatic rings. The lowest BCUT2D eigenvalue weighted by Gasteiger charge is -2.12. The van der Waals surface area contributed by atoms with Gasteiger partial charge in [0.15, 0.2) is 0 Å². The second-order valence-electron chi connectivity index (χ2n) is 2.97. The monoisotopic (exact) mass is 246 g/mol. The summed E-state index contributed by atoms with van der Waals surface area (Å²) in [6.07, 6.45) is 2.42. The number of nitrogens with two attached hydrogens (primary N) is 1. The Morgan fingerprint density at radius 3 is 2.56 bits per heavy atom. The fourth-order valence-corrected chi connectivity index (χ4v) is 0.990. The summed E-state index contributed by atoms with van der Waals surface area (Å²) in [6, 6.07) is 0. The summed E-state index contributed by atoms with van der Waals surface area (Å²) in [4.78, 5) is 19.4. The SMILES string of the molecule is COC(CN)C(=O)Nc1cnc(C)nc1.Cl. The zero-order valence-corrected chi connectivity index (χ0v) is 9.95. The van der Waals surface area contributed by atoms with E-state index in [9.17, 15) is 4.79 Å². The molecule has 0 fully saturated rings. The van der Waals surface area contributed by atoms with Gasteiger partial charge in [0.2, 0.25) is 0 Å². The first-order valence-electron chi connectivity index (χ1n) is 4.49. The molecule has 0 spiro atoms. The van der Waals surface area contributed by atoms with Gasteiger partial charge in [-0.05, 0) is 6.92 Å². The smallest absolute Gasteiger partial charge is 0.254 e. The number of halogens is 1. The highest BCUT2D eigenvalue weighted by molar-refractivity contribution is 5.94. The quantitative estimate of drug-likeness (QED) is 0.788. The maximum atomic E-state index is 11.5. The summed E-state index contributed by atoms with van der Waals surface area (Å²) >= 11 is 0. The van der Waals surface area contributed by atoms with Crippen LogP contribution in [0.2, 0.25) is 0 Å². The summed E-state index contributed by atoms with van der Waals surface area (Å²) in [5.41, 5.74) is 5.87. The standard InChI is InChI=1S/C9H14N4O2.ClH/c1-6-11-4-7(5-12-6)13-9(14)8(3-10)15-2;/h4-5,8H,3,10H2,1-2H3,(H,13,14);1H. The molecule has 1 unspecified atom stereocenters. The molecule has 1 atom stereocenters. The van der Waals surface area contributed by atoms with Crippen LogP contribution in [-0.4, -0.2) is 35.6 Å². The minimum Gasteiger partial charge on any atom is -0.370 e. The molecule has 1 aromatic heterocycles. The Kier molecular flexibility index (Phi) is 6.55. The van der Waals surface area contributed by atoms with Crippen molar-refractivity contribution in [1.29, 1.82) is 0 Å². The number of anilines is 1. The normalized spacial score (nSPS) is 11.4. The van der Waals surface area contributed by atoms with Crippen LogP contribution in [0.5, 0.6) is 0 Å². The van der Waals surface area contributed by atoms with E-state index in [-0.39, 0.29) is 24.9 Å². The summed E-state index contributed by atoms with van der Waals surface area (Å²) < 4.78 is 4.88. The number of hydrogen-bond donors (Lipinski definition) is 2. The molecule has 1 aromatic rings. The van der Waals surface area contributed by atoms with E-state index in [0.717, 1.165) is 0 Å². The van der Waals surface area contributed by atoms with Crippen LogP contribution in [0, 0.1) is 6.92 Å². The molecular weight excluding hydrogens is 232 g/mol. The summed E-state index contributed by atoms with van der Waals surface area (Å²) in [7, 11) is 1.43. The van der Waals surface area contributed by atoms with E-state index < -0.39 is 6.10 Å². The lowest BCUT2D eigenvalue weighted by atomic mass is 10.3. The Hall–Kier alpha value is -1.24. The van der Waals surface area contributed by atoms with Gasteiger partial charge in [0, 0.05) is 13.7 Å². The molecule has 0 radical (unpaired) electrons. The van der Waals surface area contributed by atoms with Crippen LogP contribution in [0.15, 0.2) is 12.4 Å². The fourth-order valence-electron chi connectivity index (χ4n) is 0.990. The minimum atomic E-state index is -0.647. The molecule has 0 aliphatic carbocycles. The van der Waals surface area contributed by atoms with Crippen molar-refractivity contribution in [1.82, 2.24) is 9.97 Å². The average Bonchev–Trinajstić information content (AvgIpc) is 2.23. The van der Waals surface area contributed by atoms with E-state index in [1.807, 2.05) is 0 Å². The zero-order chi connectivity index (χ0) is 11.3. The Morgan fingerprint density at radius 1 is 1.56 bits per heavy atom. The molecule has 7 heteroatoms. The maximum Gasteiger partial charge on any atom is 0.254 e. The van der Waals surface area contributed by atoms with Crippen LogP contribution in [0.1, 0.15) is 5.82 Å². The number of nitrogens with zero attached hydrogens (tertiary/aromatic N) is 2. The molecular formula is C9H15ClN4O2. The Bertz CT molecular complexity index is 327. The van der Waals surface area contributed by atoms with E-state index in [1.165, 1.54) is 19.5 Å². The van der Waals surface area contributed by atoms with Crippen molar-refractivity contribution in [3.63, 3.8) is 0 Å². The van der Waals surface area contributed by atoms with Gasteiger partial charge in [0.25, 0.3) is 5.91 Å². The van der Waals surface area contributed by atoms with Crippen molar-refractivity contribution in [3.8, 4) is 0 Å². The van der Waals surface area contributed by atoms with Gasteiger partial charge in [-0.2, -0.15) is 0 Å². The van der Waals surface area contributed by atoms with Gasteiger partial charge in [0.1, 0.15) is 11.9 Å². The van der Waals surface area contributed by atoms with Gasteiger partial charge in [-0.25, -0.2) is 9.97 Å². The van der Waals surface area contributed by atoms with Gasteiger partial charge in [-0.1, -0.05) is 0 Å². The lowest BCUT2D eigenvalue weighted by Crippen LogP contribution is -2.35. The van der Waals surface area contributed by atoms with Crippen LogP contribution in [0.4, 0.5) is 5.69 Å². The topological polar surface area (TPSA) is 90.1 Å². The Balaban J connectivity index is 0.00000225. The Labute approximate surface area is 100 Å². The molecule has 1 amide bonds. The predicted octanol–water partition coefficient (Wildman–Crippen LogP) is 0.119. The van der Waals surface area contributed by atoms with Crippen molar-refractivity contribution in [2.24, 2.45) is 5.73 Å². The number of aromatic nitrogens is 2. The van der Waals surface area contributed by atoms with Crippen LogP contribution in [0.25, 0.3) is 0 Å². The van der Waals surface area contributed by atoms with E-state index in [0.29, 0.717) is 11.5 Å². The molecule has 0 saturated heterocycles. The first-order chi connectivity index (χ1) is 7.17. The average molecular weight is 247 g/mol. The highest BCUT2D eigenvalue weighted by atomic mass is 35.5. The number of nitrogens with one attached hydrogen (secondary N) is 1. The molecule has 1 rings (SSSR count). The third kappa shape index (κ3) is 4.09. The summed E-state index contributed by atoms with van der Waals surface area (Å²) in [6.45, 7) is 1.90. The highest BCUT2D eigenvalue weighted by Crippen LogP contribution is 2.03. The van der Waals surface area contributed by atoms with Gasteiger partial charge < -0.3 is 15.8 Å². The number of aryl methyl sites for hydroxylation is 1. The molecule has 6 nitrogen and oxygen atoms in total. The molecule has 90 valence electrons. The number of amides is 1. The number of carbonyl (C=O) groups is 1. The van der Waals surface area contributed by atoms with E-state index >= 15 is 0 Å². The molecule has 0 aromatic carbocycles. The Morgan fingerprint density at radius 2 is 2.12 bits per heavy atom. The minimum absolute atomic E-state index is 0. The van der Waals surface area contributed by atoms with Crippen LogP contribution in [0.3, 0.4) is 0 Å². The molecule has 0 bridgehead atoms. The van der Waals surface area contributed by atoms with Crippen LogP contribution < -0.4 is 11.1 Å². The van der Waals surface area contributed by atoms with Crippen molar-refractivity contribution >= 4 is 24.0 Å². The number of hydrogen-bond acceptors (Lipinski definition) is 5. The summed E-state index contributed by atoms with van der Waals surface area (Å²) in [5, 5.41) is 2.60. The zero-order valence-electron chi connectivity index (χ0n) is 9.14. The van der Waals surface area contributed by atoms with Gasteiger partial charge in [-0.15, -0.1) is 12.4 Å². The molecule has 1 heterocycles. The third-order valence-electron chi connectivity index (χ3n) is 1.84. The molecule has 0 saturated carbocycles. The van der Waals surface area contributed by atoms with E-state index in [1.54, 1.807) is 6.92 Å². The second kappa shape index (κ2) is 7.10. The lowest BCUT2D eigenvalue weighted by molar-refractivity contribution is -0.125. The number of ether oxygens (including phenoxy) is 1. The van der Waals surface area contributed by atoms with Gasteiger partial charge >= 0.3 is 0 Å². The third-order valence-corrected chi connectivity index (χ3v) is 1.84. The number of methoxy groups -OCH3 is 1. The van der Waals surface area contributed by atoms with Gasteiger partial charge in [-0.3, -0.25) is 4.79 Å². The first-order valence-corrected chi connectivity index (χ1v) is 4.49. The predicted molar refractivity (Wildman–Crippen MR) is 62.5 cm³/mol. The first kappa shape index (κ1) is 14.8. The van der Waals surface area contributed by atoms with Crippen molar-refractivity contribution < 1.29 is 9.53 Å². The van der Waals surface area contributed by atoms with E-state index in [4.69, 9.17) is 10.5 Å². The number of carbonyl (C=O) groups excluding carboxylic acids is 1. The summed E-state index contributed by atoms with van der Waals surface area (Å²) in [5.74, 6) is 0.350. The molecule has 16 heavy (non-hydrogen) atoms. The van der Waals surface area contributed by atoms with Gasteiger partial charge in [0.05, 0.1) is 18.1 Å². The van der Waals surface area contributed by atoms with Crippen LogP contribution in [-0.2, 0) is 9.53 Å². The largest absolute Gasteiger partial charge is 0.370 e. The fraction of sp³-hybridized carbons (Fsp3) is 0.444. The second-order valence-corrected chi connectivity index (χ2v) is 2.97. The maximum absolute atomic E-state index is 11.5. The van der Waals surface area contributed by atoms with Crippen molar-refractivity contribution in [2.75, 3.05) is 19.0 Å². The highest BCUT2D eigenvalue weighted by Gasteiger charge is 2.15. The van der Waals surface area contributed by atoms with Crippen LogP contribution >= 0.6 is 12.4 Å². The molecule has 3 N–H and O–H groups in total. The van der Waals surface area contributed by atoms with Crippen molar-refractivity contribution in [3.05, 3.63) is 18.2 Å².